The lowest BCUT2D eigenvalue weighted by Gasteiger charge is -2.28. The van der Waals surface area contributed by atoms with Gasteiger partial charge in [0.1, 0.15) is 0 Å². The molecule has 1 amide bonds. The Morgan fingerprint density at radius 2 is 2.05 bits per heavy atom. The fourth-order valence-corrected chi connectivity index (χ4v) is 3.23. The first-order valence-electron chi connectivity index (χ1n) is 7.42. The first-order chi connectivity index (χ1) is 9.74. The Bertz CT molecular complexity index is 469. The van der Waals surface area contributed by atoms with E-state index in [0.29, 0.717) is 11.6 Å². The molecule has 0 spiro atoms. The van der Waals surface area contributed by atoms with Gasteiger partial charge in [0.05, 0.1) is 5.56 Å². The van der Waals surface area contributed by atoms with Gasteiger partial charge in [-0.25, -0.2) is 4.98 Å². The summed E-state index contributed by atoms with van der Waals surface area (Å²) in [5.41, 5.74) is 0.566. The van der Waals surface area contributed by atoms with Gasteiger partial charge in [0, 0.05) is 31.4 Å². The first kappa shape index (κ1) is 13.4. The molecule has 108 valence electrons. The normalized spacial score (nSPS) is 23.4. The molecular formula is C15H21N3O2. The number of nitrogens with zero attached hydrogens (tertiary/aromatic N) is 3. The Morgan fingerprint density at radius 1 is 1.25 bits per heavy atom. The second kappa shape index (κ2) is 5.79. The maximum absolute atomic E-state index is 12.5. The number of carbonyl (C=O) groups excluding carboxylic acids is 1. The van der Waals surface area contributed by atoms with Crippen LogP contribution in [0.5, 0.6) is 5.88 Å². The van der Waals surface area contributed by atoms with Crippen molar-refractivity contribution < 1.29 is 9.90 Å². The Morgan fingerprint density at radius 3 is 2.75 bits per heavy atom. The molecule has 3 heterocycles. The maximum Gasteiger partial charge on any atom is 0.255 e. The number of aromatic nitrogens is 1. The van der Waals surface area contributed by atoms with Gasteiger partial charge in [-0.2, -0.15) is 0 Å². The summed E-state index contributed by atoms with van der Waals surface area (Å²) in [6.45, 7) is 4.16. The van der Waals surface area contributed by atoms with E-state index in [1.54, 1.807) is 6.07 Å². The third-order valence-electron chi connectivity index (χ3n) is 4.30. The molecule has 3 rings (SSSR count). The summed E-state index contributed by atoms with van der Waals surface area (Å²) in [5, 5.41) is 9.20. The molecule has 20 heavy (non-hydrogen) atoms. The molecule has 2 aliphatic rings. The largest absolute Gasteiger partial charge is 0.493 e. The van der Waals surface area contributed by atoms with Crippen LogP contribution >= 0.6 is 0 Å². The van der Waals surface area contributed by atoms with E-state index < -0.39 is 0 Å². The molecule has 0 bridgehead atoms. The van der Waals surface area contributed by atoms with Gasteiger partial charge in [-0.3, -0.25) is 4.79 Å². The standard InChI is InChI=1S/C15H21N3O2/c19-14-6-5-12(10-16-14)15(20)18-9-3-4-13(18)11-17-7-1-2-8-17/h5-6,10,13H,1-4,7-9,11H2,(H,16,19)/t13-/m0/s1. The van der Waals surface area contributed by atoms with Crippen molar-refractivity contribution in [3.8, 4) is 5.88 Å². The predicted octanol–water partition coefficient (Wildman–Crippen LogP) is 1.49. The Balaban J connectivity index is 1.67. The molecule has 2 aliphatic heterocycles. The highest BCUT2D eigenvalue weighted by Gasteiger charge is 2.31. The molecule has 1 aromatic rings. The zero-order chi connectivity index (χ0) is 13.9. The van der Waals surface area contributed by atoms with E-state index in [1.165, 1.54) is 38.2 Å². The number of hydrogen-bond donors (Lipinski definition) is 1. The monoisotopic (exact) mass is 275 g/mol. The molecule has 5 nitrogen and oxygen atoms in total. The van der Waals surface area contributed by atoms with Crippen molar-refractivity contribution in [3.05, 3.63) is 23.9 Å². The molecular weight excluding hydrogens is 254 g/mol. The Hall–Kier alpha value is -1.62. The topological polar surface area (TPSA) is 56.7 Å². The lowest BCUT2D eigenvalue weighted by molar-refractivity contribution is 0.0708. The quantitative estimate of drug-likeness (QED) is 0.908. The number of rotatable bonds is 3. The van der Waals surface area contributed by atoms with Crippen molar-refractivity contribution in [2.75, 3.05) is 26.2 Å². The number of likely N-dealkylation sites (tertiary alicyclic amines) is 2. The Kier molecular flexibility index (Phi) is 3.87. The lowest BCUT2D eigenvalue weighted by Crippen LogP contribution is -2.42. The summed E-state index contributed by atoms with van der Waals surface area (Å²) in [4.78, 5) is 20.8. The van der Waals surface area contributed by atoms with Crippen molar-refractivity contribution >= 4 is 5.91 Å². The second-order valence-electron chi connectivity index (χ2n) is 5.71. The van der Waals surface area contributed by atoms with Crippen LogP contribution in [0.3, 0.4) is 0 Å². The minimum atomic E-state index is -0.0448. The van der Waals surface area contributed by atoms with Crippen molar-refractivity contribution in [2.24, 2.45) is 0 Å². The van der Waals surface area contributed by atoms with Crippen molar-refractivity contribution in [2.45, 2.75) is 31.7 Å². The molecule has 5 heteroatoms. The van der Waals surface area contributed by atoms with Crippen LogP contribution in [0.4, 0.5) is 0 Å². The third-order valence-corrected chi connectivity index (χ3v) is 4.30. The van der Waals surface area contributed by atoms with Crippen LogP contribution in [0.25, 0.3) is 0 Å². The highest BCUT2D eigenvalue weighted by atomic mass is 16.3. The second-order valence-corrected chi connectivity index (χ2v) is 5.71. The van der Waals surface area contributed by atoms with E-state index in [0.717, 1.165) is 25.9 Å². The van der Waals surface area contributed by atoms with Gasteiger partial charge >= 0.3 is 0 Å². The molecule has 1 atom stereocenters. The van der Waals surface area contributed by atoms with Gasteiger partial charge in [-0.1, -0.05) is 0 Å². The summed E-state index contributed by atoms with van der Waals surface area (Å²) in [6.07, 6.45) is 6.19. The van der Waals surface area contributed by atoms with Gasteiger partial charge < -0.3 is 14.9 Å². The van der Waals surface area contributed by atoms with Crippen LogP contribution in [0.2, 0.25) is 0 Å². The van der Waals surface area contributed by atoms with E-state index >= 15 is 0 Å². The SMILES string of the molecule is O=C(c1ccc(O)nc1)N1CCC[C@H]1CN1CCCC1. The van der Waals surface area contributed by atoms with Crippen LogP contribution in [0.1, 0.15) is 36.0 Å². The predicted molar refractivity (Wildman–Crippen MR) is 75.6 cm³/mol. The van der Waals surface area contributed by atoms with E-state index in [2.05, 4.69) is 9.88 Å². The van der Waals surface area contributed by atoms with Crippen molar-refractivity contribution in [1.29, 1.82) is 0 Å². The number of pyridine rings is 1. The van der Waals surface area contributed by atoms with Crippen LogP contribution in [-0.2, 0) is 0 Å². The average Bonchev–Trinajstić information content (AvgIpc) is 3.11. The molecule has 2 saturated heterocycles. The smallest absolute Gasteiger partial charge is 0.255 e. The van der Waals surface area contributed by atoms with Crippen molar-refractivity contribution in [3.63, 3.8) is 0 Å². The highest BCUT2D eigenvalue weighted by Crippen LogP contribution is 2.22. The van der Waals surface area contributed by atoms with Gasteiger partial charge in [-0.15, -0.1) is 0 Å². The molecule has 0 saturated carbocycles. The summed E-state index contributed by atoms with van der Waals surface area (Å²) in [6, 6.07) is 3.45. The fraction of sp³-hybridized carbons (Fsp3) is 0.600. The van der Waals surface area contributed by atoms with Crippen LogP contribution in [-0.4, -0.2) is 58.0 Å². The number of aromatic hydroxyl groups is 1. The maximum atomic E-state index is 12.5. The van der Waals surface area contributed by atoms with Crippen LogP contribution in [0.15, 0.2) is 18.3 Å². The summed E-state index contributed by atoms with van der Waals surface area (Å²) < 4.78 is 0. The summed E-state index contributed by atoms with van der Waals surface area (Å²) in [7, 11) is 0. The Labute approximate surface area is 119 Å². The summed E-state index contributed by atoms with van der Waals surface area (Å²) >= 11 is 0. The third kappa shape index (κ3) is 2.77. The van der Waals surface area contributed by atoms with E-state index in [4.69, 9.17) is 0 Å². The molecule has 0 aromatic carbocycles. The molecule has 0 radical (unpaired) electrons. The zero-order valence-electron chi connectivity index (χ0n) is 11.7. The number of amides is 1. The van der Waals surface area contributed by atoms with Gasteiger partial charge in [0.2, 0.25) is 5.88 Å². The molecule has 1 N–H and O–H groups in total. The van der Waals surface area contributed by atoms with Crippen LogP contribution in [0, 0.1) is 0 Å². The van der Waals surface area contributed by atoms with Crippen molar-refractivity contribution in [1.82, 2.24) is 14.8 Å². The molecule has 0 unspecified atom stereocenters. The zero-order valence-corrected chi connectivity index (χ0v) is 11.7. The van der Waals surface area contributed by atoms with Crippen LogP contribution < -0.4 is 0 Å². The minimum absolute atomic E-state index is 0.0409. The van der Waals surface area contributed by atoms with E-state index in [1.807, 2.05) is 4.90 Å². The van der Waals surface area contributed by atoms with Gasteiger partial charge in [0.15, 0.2) is 0 Å². The number of carbonyl (C=O) groups is 1. The average molecular weight is 275 g/mol. The van der Waals surface area contributed by atoms with Gasteiger partial charge in [-0.05, 0) is 44.8 Å². The fourth-order valence-electron chi connectivity index (χ4n) is 3.23. The molecule has 2 fully saturated rings. The molecule has 0 aliphatic carbocycles. The number of hydrogen-bond acceptors (Lipinski definition) is 4. The minimum Gasteiger partial charge on any atom is -0.493 e. The summed E-state index contributed by atoms with van der Waals surface area (Å²) in [5.74, 6) is -0.00390. The molecule has 1 aromatic heterocycles. The van der Waals surface area contributed by atoms with Gasteiger partial charge in [0.25, 0.3) is 5.91 Å². The first-order valence-corrected chi connectivity index (χ1v) is 7.42. The highest BCUT2D eigenvalue weighted by molar-refractivity contribution is 5.94. The van der Waals surface area contributed by atoms with E-state index in [9.17, 15) is 9.90 Å². The van der Waals surface area contributed by atoms with E-state index in [-0.39, 0.29) is 11.8 Å². The lowest BCUT2D eigenvalue weighted by atomic mass is 10.2.